The number of amides is 3. The van der Waals surface area contributed by atoms with Crippen LogP contribution in [-0.2, 0) is 4.74 Å². The third-order valence-corrected chi connectivity index (χ3v) is 4.72. The van der Waals surface area contributed by atoms with Gasteiger partial charge in [-0.15, -0.1) is 0 Å². The monoisotopic (exact) mass is 347 g/mol. The maximum absolute atomic E-state index is 12.2. The molecular formula is C17H25N5O3. The number of anilines is 1. The van der Waals surface area contributed by atoms with Gasteiger partial charge in [0.05, 0.1) is 12.2 Å². The summed E-state index contributed by atoms with van der Waals surface area (Å²) in [6.45, 7) is 3.23. The topological polar surface area (TPSA) is 86.8 Å². The summed E-state index contributed by atoms with van der Waals surface area (Å²) in [4.78, 5) is 31.2. The molecule has 8 heteroatoms. The minimum absolute atomic E-state index is 0.0473. The van der Waals surface area contributed by atoms with Crippen molar-refractivity contribution >= 4 is 17.8 Å². The highest BCUT2D eigenvalue weighted by Crippen LogP contribution is 2.32. The number of carbonyl (C=O) groups is 2. The Morgan fingerprint density at radius 1 is 1.36 bits per heavy atom. The molecule has 2 saturated heterocycles. The fourth-order valence-electron chi connectivity index (χ4n) is 3.27. The predicted octanol–water partition coefficient (Wildman–Crippen LogP) is 1.51. The van der Waals surface area contributed by atoms with Crippen LogP contribution in [0.1, 0.15) is 19.3 Å². The van der Waals surface area contributed by atoms with Crippen molar-refractivity contribution in [3.63, 3.8) is 0 Å². The molecule has 0 saturated carbocycles. The third kappa shape index (κ3) is 4.32. The van der Waals surface area contributed by atoms with E-state index < -0.39 is 5.60 Å². The number of piperidine rings is 1. The SMILES string of the molecule is CN1CC2(CCN(C(=O)NCCCNc3cccnc3)CC2)OC1=O. The lowest BCUT2D eigenvalue weighted by Crippen LogP contribution is -2.51. The number of likely N-dealkylation sites (tertiary alicyclic amines) is 1. The van der Waals surface area contributed by atoms with Gasteiger partial charge in [0.25, 0.3) is 0 Å². The second kappa shape index (κ2) is 7.58. The summed E-state index contributed by atoms with van der Waals surface area (Å²) in [5.41, 5.74) is 0.571. The standard InChI is InChI=1S/C17H25N5O3/c1-21-13-17(25-16(21)24)5-10-22(11-6-17)15(23)20-9-3-8-19-14-4-2-7-18-12-14/h2,4,7,12,19H,3,5-6,8-11,13H2,1H3,(H,20,23). The summed E-state index contributed by atoms with van der Waals surface area (Å²) in [6.07, 6.45) is 5.46. The molecule has 25 heavy (non-hydrogen) atoms. The molecule has 2 fully saturated rings. The van der Waals surface area contributed by atoms with Crippen molar-refractivity contribution in [3.8, 4) is 0 Å². The van der Waals surface area contributed by atoms with Gasteiger partial charge in [-0.1, -0.05) is 0 Å². The van der Waals surface area contributed by atoms with Crippen LogP contribution >= 0.6 is 0 Å². The number of pyridine rings is 1. The van der Waals surface area contributed by atoms with Crippen LogP contribution in [0.3, 0.4) is 0 Å². The maximum atomic E-state index is 12.2. The molecule has 136 valence electrons. The van der Waals surface area contributed by atoms with Crippen molar-refractivity contribution in [1.29, 1.82) is 0 Å². The number of urea groups is 1. The Hall–Kier alpha value is -2.51. The second-order valence-corrected chi connectivity index (χ2v) is 6.65. The molecule has 0 aliphatic carbocycles. The van der Waals surface area contributed by atoms with Crippen molar-refractivity contribution in [2.75, 3.05) is 45.1 Å². The Balaban J connectivity index is 1.32. The molecule has 2 aliphatic heterocycles. The molecule has 0 atom stereocenters. The fourth-order valence-corrected chi connectivity index (χ4v) is 3.27. The van der Waals surface area contributed by atoms with E-state index in [9.17, 15) is 9.59 Å². The molecule has 1 aromatic rings. The van der Waals surface area contributed by atoms with E-state index in [0.717, 1.165) is 18.7 Å². The first kappa shape index (κ1) is 17.3. The number of nitrogens with one attached hydrogen (secondary N) is 2. The Bertz CT molecular complexity index is 602. The number of ether oxygens (including phenoxy) is 1. The lowest BCUT2D eigenvalue weighted by atomic mass is 9.91. The molecule has 1 aromatic heterocycles. The summed E-state index contributed by atoms with van der Waals surface area (Å²) in [7, 11) is 1.75. The predicted molar refractivity (Wildman–Crippen MR) is 93.4 cm³/mol. The van der Waals surface area contributed by atoms with Gasteiger partial charge < -0.3 is 25.2 Å². The molecule has 0 bridgehead atoms. The van der Waals surface area contributed by atoms with Gasteiger partial charge in [0, 0.05) is 58.5 Å². The molecule has 3 rings (SSSR count). The summed E-state index contributed by atoms with van der Waals surface area (Å²) in [5.74, 6) is 0. The van der Waals surface area contributed by atoms with Gasteiger partial charge in [0.1, 0.15) is 5.60 Å². The number of rotatable bonds is 5. The lowest BCUT2D eigenvalue weighted by molar-refractivity contribution is 0.00969. The van der Waals surface area contributed by atoms with E-state index in [0.29, 0.717) is 39.0 Å². The molecule has 2 aliphatic rings. The number of hydrogen-bond acceptors (Lipinski definition) is 5. The van der Waals surface area contributed by atoms with Crippen molar-refractivity contribution in [1.82, 2.24) is 20.1 Å². The van der Waals surface area contributed by atoms with Gasteiger partial charge in [0.2, 0.25) is 0 Å². The number of hydrogen-bond donors (Lipinski definition) is 2. The van der Waals surface area contributed by atoms with Crippen molar-refractivity contribution in [2.45, 2.75) is 24.9 Å². The lowest BCUT2D eigenvalue weighted by Gasteiger charge is -2.37. The van der Waals surface area contributed by atoms with Crippen LogP contribution in [0.25, 0.3) is 0 Å². The zero-order chi connectivity index (χ0) is 17.7. The smallest absolute Gasteiger partial charge is 0.410 e. The summed E-state index contributed by atoms with van der Waals surface area (Å²) in [5, 5.41) is 6.21. The number of likely N-dealkylation sites (N-methyl/N-ethyl adjacent to an activating group) is 1. The first-order valence-corrected chi connectivity index (χ1v) is 8.69. The number of aromatic nitrogens is 1. The fraction of sp³-hybridized carbons (Fsp3) is 0.588. The van der Waals surface area contributed by atoms with E-state index in [2.05, 4.69) is 15.6 Å². The van der Waals surface area contributed by atoms with Crippen LogP contribution in [-0.4, -0.2) is 72.3 Å². The van der Waals surface area contributed by atoms with Gasteiger partial charge in [-0.2, -0.15) is 0 Å². The molecule has 3 amide bonds. The summed E-state index contributed by atoms with van der Waals surface area (Å²) >= 11 is 0. The molecular weight excluding hydrogens is 322 g/mol. The van der Waals surface area contributed by atoms with Crippen molar-refractivity contribution in [3.05, 3.63) is 24.5 Å². The largest absolute Gasteiger partial charge is 0.441 e. The Morgan fingerprint density at radius 2 is 2.16 bits per heavy atom. The number of nitrogens with zero attached hydrogens (tertiary/aromatic N) is 3. The first-order chi connectivity index (χ1) is 12.1. The molecule has 0 radical (unpaired) electrons. The van der Waals surface area contributed by atoms with Gasteiger partial charge in [-0.3, -0.25) is 4.98 Å². The zero-order valence-electron chi connectivity index (χ0n) is 14.5. The van der Waals surface area contributed by atoms with E-state index in [4.69, 9.17) is 4.74 Å². The Morgan fingerprint density at radius 3 is 2.80 bits per heavy atom. The molecule has 0 aromatic carbocycles. The van der Waals surface area contributed by atoms with E-state index >= 15 is 0 Å². The van der Waals surface area contributed by atoms with Gasteiger partial charge >= 0.3 is 12.1 Å². The van der Waals surface area contributed by atoms with E-state index in [1.165, 1.54) is 0 Å². The first-order valence-electron chi connectivity index (χ1n) is 8.69. The van der Waals surface area contributed by atoms with Gasteiger partial charge in [-0.25, -0.2) is 9.59 Å². The highest BCUT2D eigenvalue weighted by molar-refractivity contribution is 5.74. The normalized spacial score (nSPS) is 19.0. The Labute approximate surface area is 147 Å². The zero-order valence-corrected chi connectivity index (χ0v) is 14.5. The Kier molecular flexibility index (Phi) is 5.25. The maximum Gasteiger partial charge on any atom is 0.410 e. The van der Waals surface area contributed by atoms with Gasteiger partial charge in [0.15, 0.2) is 0 Å². The summed E-state index contributed by atoms with van der Waals surface area (Å²) < 4.78 is 5.50. The van der Waals surface area contributed by atoms with E-state index in [1.54, 1.807) is 29.2 Å². The van der Waals surface area contributed by atoms with Crippen molar-refractivity contribution < 1.29 is 14.3 Å². The molecule has 0 unspecified atom stereocenters. The highest BCUT2D eigenvalue weighted by Gasteiger charge is 2.46. The van der Waals surface area contributed by atoms with E-state index in [1.807, 2.05) is 12.1 Å². The molecule has 8 nitrogen and oxygen atoms in total. The third-order valence-electron chi connectivity index (χ3n) is 4.72. The highest BCUT2D eigenvalue weighted by atomic mass is 16.6. The van der Waals surface area contributed by atoms with Crippen molar-refractivity contribution in [2.24, 2.45) is 0 Å². The van der Waals surface area contributed by atoms with Crippen LogP contribution in [0.2, 0.25) is 0 Å². The summed E-state index contributed by atoms with van der Waals surface area (Å²) in [6, 6.07) is 3.79. The minimum Gasteiger partial charge on any atom is -0.441 e. The molecule has 3 heterocycles. The second-order valence-electron chi connectivity index (χ2n) is 6.65. The number of carbonyl (C=O) groups excluding carboxylic acids is 2. The van der Waals surface area contributed by atoms with Crippen LogP contribution in [0, 0.1) is 0 Å². The van der Waals surface area contributed by atoms with Crippen LogP contribution in [0.5, 0.6) is 0 Å². The minimum atomic E-state index is -0.406. The average Bonchev–Trinajstić information content (AvgIpc) is 2.89. The molecule has 2 N–H and O–H groups in total. The quantitative estimate of drug-likeness (QED) is 0.789. The average molecular weight is 347 g/mol. The van der Waals surface area contributed by atoms with Crippen LogP contribution in [0.15, 0.2) is 24.5 Å². The van der Waals surface area contributed by atoms with E-state index in [-0.39, 0.29) is 12.1 Å². The van der Waals surface area contributed by atoms with Crippen LogP contribution in [0.4, 0.5) is 15.3 Å². The van der Waals surface area contributed by atoms with Gasteiger partial charge in [-0.05, 0) is 18.6 Å². The van der Waals surface area contributed by atoms with Crippen LogP contribution < -0.4 is 10.6 Å². The molecule has 1 spiro atoms.